The monoisotopic (exact) mass is 324 g/mol. The van der Waals surface area contributed by atoms with Gasteiger partial charge in [-0.25, -0.2) is 0 Å². The summed E-state index contributed by atoms with van der Waals surface area (Å²) in [5.74, 6) is 0. The smallest absolute Gasteiger partial charge is 0.0667 e. The Bertz CT molecular complexity index is 433. The Balaban J connectivity index is 1.68. The Morgan fingerprint density at radius 2 is 1.91 bits per heavy atom. The molecule has 0 radical (unpaired) electrons. The van der Waals surface area contributed by atoms with Gasteiger partial charge in [0.25, 0.3) is 0 Å². The number of hydrogen-bond donors (Lipinski definition) is 1. The predicted octanol–water partition coefficient (Wildman–Crippen LogP) is 3.79. The van der Waals surface area contributed by atoms with E-state index >= 15 is 0 Å². The minimum Gasteiger partial charge on any atom is -0.392 e. The van der Waals surface area contributed by atoms with Gasteiger partial charge in [-0.1, -0.05) is 50.3 Å². The van der Waals surface area contributed by atoms with E-state index in [9.17, 15) is 5.11 Å². The average molecular weight is 325 g/mol. The molecule has 1 aliphatic rings. The molecule has 1 aliphatic heterocycles. The van der Waals surface area contributed by atoms with Crippen LogP contribution < -0.4 is 4.90 Å². The van der Waals surface area contributed by atoms with Crippen LogP contribution in [-0.4, -0.2) is 48.8 Å². The third kappa shape index (κ3) is 5.79. The molecule has 0 saturated carbocycles. The predicted molar refractivity (Wildman–Crippen MR) is 94.9 cm³/mol. The van der Waals surface area contributed by atoms with Crippen LogP contribution in [0.4, 0.5) is 5.69 Å². The van der Waals surface area contributed by atoms with Gasteiger partial charge in [-0.15, -0.1) is 0 Å². The SMILES string of the molecule is CCCCCCC(O)CN1CCN(c2cccc(Cl)c2)CC1. The Labute approximate surface area is 139 Å². The van der Waals surface area contributed by atoms with Gasteiger partial charge in [0.2, 0.25) is 0 Å². The third-order valence-electron chi connectivity index (χ3n) is 4.41. The van der Waals surface area contributed by atoms with Crippen molar-refractivity contribution in [1.29, 1.82) is 0 Å². The van der Waals surface area contributed by atoms with Crippen LogP contribution >= 0.6 is 11.6 Å². The molecule has 0 spiro atoms. The molecule has 1 aromatic carbocycles. The van der Waals surface area contributed by atoms with Crippen molar-refractivity contribution in [3.8, 4) is 0 Å². The third-order valence-corrected chi connectivity index (χ3v) is 4.64. The van der Waals surface area contributed by atoms with Crippen molar-refractivity contribution < 1.29 is 5.11 Å². The van der Waals surface area contributed by atoms with E-state index in [4.69, 9.17) is 11.6 Å². The molecule has 1 heterocycles. The van der Waals surface area contributed by atoms with Gasteiger partial charge < -0.3 is 10.0 Å². The molecule has 22 heavy (non-hydrogen) atoms. The lowest BCUT2D eigenvalue weighted by Crippen LogP contribution is -2.48. The summed E-state index contributed by atoms with van der Waals surface area (Å²) in [4.78, 5) is 4.75. The molecule has 1 aromatic rings. The molecule has 1 fully saturated rings. The minimum absolute atomic E-state index is 0.172. The largest absolute Gasteiger partial charge is 0.392 e. The second kappa shape index (κ2) is 9.39. The van der Waals surface area contributed by atoms with Crippen molar-refractivity contribution in [3.63, 3.8) is 0 Å². The summed E-state index contributed by atoms with van der Waals surface area (Å²) in [7, 11) is 0. The number of halogens is 1. The van der Waals surface area contributed by atoms with Crippen LogP contribution in [0.5, 0.6) is 0 Å². The molecular formula is C18H29ClN2O. The molecule has 1 saturated heterocycles. The number of piperazine rings is 1. The van der Waals surface area contributed by atoms with Gasteiger partial charge in [-0.3, -0.25) is 4.90 Å². The number of aliphatic hydroxyl groups excluding tert-OH is 1. The van der Waals surface area contributed by atoms with E-state index in [1.165, 1.54) is 24.9 Å². The lowest BCUT2D eigenvalue weighted by Gasteiger charge is -2.37. The van der Waals surface area contributed by atoms with Gasteiger partial charge in [-0.2, -0.15) is 0 Å². The summed E-state index contributed by atoms with van der Waals surface area (Å²) in [6.45, 7) is 7.06. The fourth-order valence-electron chi connectivity index (χ4n) is 3.06. The van der Waals surface area contributed by atoms with Gasteiger partial charge in [0.05, 0.1) is 6.10 Å². The first kappa shape index (κ1) is 17.6. The maximum absolute atomic E-state index is 10.1. The van der Waals surface area contributed by atoms with E-state index in [2.05, 4.69) is 22.8 Å². The van der Waals surface area contributed by atoms with Crippen LogP contribution in [0.2, 0.25) is 5.02 Å². The quantitative estimate of drug-likeness (QED) is 0.737. The molecule has 0 aliphatic carbocycles. The van der Waals surface area contributed by atoms with Gasteiger partial charge >= 0.3 is 0 Å². The second-order valence-corrected chi connectivity index (χ2v) is 6.71. The Morgan fingerprint density at radius 1 is 1.14 bits per heavy atom. The van der Waals surface area contributed by atoms with Crippen LogP contribution in [0.25, 0.3) is 0 Å². The molecule has 2 rings (SSSR count). The maximum Gasteiger partial charge on any atom is 0.0667 e. The summed E-state index contributed by atoms with van der Waals surface area (Å²) in [5.41, 5.74) is 1.20. The number of benzene rings is 1. The zero-order valence-corrected chi connectivity index (χ0v) is 14.4. The molecule has 3 nitrogen and oxygen atoms in total. The summed E-state index contributed by atoms with van der Waals surface area (Å²) in [6.07, 6.45) is 5.70. The van der Waals surface area contributed by atoms with Crippen LogP contribution in [0.3, 0.4) is 0 Å². The molecule has 1 N–H and O–H groups in total. The van der Waals surface area contributed by atoms with Gasteiger partial charge in [0, 0.05) is 43.4 Å². The summed E-state index contributed by atoms with van der Waals surface area (Å²) < 4.78 is 0. The average Bonchev–Trinajstić information content (AvgIpc) is 2.52. The van der Waals surface area contributed by atoms with Crippen LogP contribution in [-0.2, 0) is 0 Å². The molecule has 124 valence electrons. The highest BCUT2D eigenvalue weighted by molar-refractivity contribution is 6.30. The first-order valence-electron chi connectivity index (χ1n) is 8.60. The number of nitrogens with zero attached hydrogens (tertiary/aromatic N) is 2. The van der Waals surface area contributed by atoms with Crippen LogP contribution in [0.1, 0.15) is 39.0 Å². The Hall–Kier alpha value is -0.770. The van der Waals surface area contributed by atoms with Gasteiger partial charge in [0.15, 0.2) is 0 Å². The highest BCUT2D eigenvalue weighted by Gasteiger charge is 2.19. The molecule has 1 atom stereocenters. The second-order valence-electron chi connectivity index (χ2n) is 6.27. The summed E-state index contributed by atoms with van der Waals surface area (Å²) in [5, 5.41) is 10.9. The fourth-order valence-corrected chi connectivity index (χ4v) is 3.24. The first-order valence-corrected chi connectivity index (χ1v) is 8.97. The van der Waals surface area contributed by atoms with Gasteiger partial charge in [0.1, 0.15) is 0 Å². The molecule has 1 unspecified atom stereocenters. The number of unbranched alkanes of at least 4 members (excludes halogenated alkanes) is 3. The van der Waals surface area contributed by atoms with Crippen molar-refractivity contribution in [2.24, 2.45) is 0 Å². The fraction of sp³-hybridized carbons (Fsp3) is 0.667. The summed E-state index contributed by atoms with van der Waals surface area (Å²) >= 11 is 6.06. The van der Waals surface area contributed by atoms with E-state index in [0.717, 1.165) is 50.6 Å². The maximum atomic E-state index is 10.1. The molecule has 0 amide bonds. The Kier molecular flexibility index (Phi) is 7.50. The van der Waals surface area contributed by atoms with E-state index in [1.54, 1.807) is 0 Å². The normalized spacial score (nSPS) is 17.7. The van der Waals surface area contributed by atoms with Crippen LogP contribution in [0.15, 0.2) is 24.3 Å². The lowest BCUT2D eigenvalue weighted by molar-refractivity contribution is 0.0997. The zero-order valence-electron chi connectivity index (χ0n) is 13.7. The minimum atomic E-state index is -0.172. The highest BCUT2D eigenvalue weighted by atomic mass is 35.5. The van der Waals surface area contributed by atoms with Crippen molar-refractivity contribution in [2.45, 2.75) is 45.1 Å². The van der Waals surface area contributed by atoms with Crippen LogP contribution in [0, 0.1) is 0 Å². The first-order chi connectivity index (χ1) is 10.7. The standard InChI is InChI=1S/C18H29ClN2O/c1-2-3-4-5-9-18(22)15-20-10-12-21(13-11-20)17-8-6-7-16(19)14-17/h6-8,14,18,22H,2-5,9-13,15H2,1H3. The number of hydrogen-bond acceptors (Lipinski definition) is 3. The summed E-state index contributed by atoms with van der Waals surface area (Å²) in [6, 6.07) is 8.06. The van der Waals surface area contributed by atoms with Crippen molar-refractivity contribution >= 4 is 17.3 Å². The van der Waals surface area contributed by atoms with Gasteiger partial charge in [-0.05, 0) is 24.6 Å². The molecule has 4 heteroatoms. The molecule has 0 aromatic heterocycles. The lowest BCUT2D eigenvalue weighted by atomic mass is 10.1. The highest BCUT2D eigenvalue weighted by Crippen LogP contribution is 2.21. The number of β-amino-alcohol motifs (C(OH)–C–C–N with tert-alkyl or cyclic N) is 1. The van der Waals surface area contributed by atoms with Crippen molar-refractivity contribution in [3.05, 3.63) is 29.3 Å². The number of anilines is 1. The molecular weight excluding hydrogens is 296 g/mol. The molecule has 0 bridgehead atoms. The number of rotatable bonds is 8. The zero-order chi connectivity index (χ0) is 15.8. The van der Waals surface area contributed by atoms with E-state index in [1.807, 2.05) is 18.2 Å². The van der Waals surface area contributed by atoms with E-state index in [0.29, 0.717) is 0 Å². The number of aliphatic hydroxyl groups is 1. The van der Waals surface area contributed by atoms with E-state index < -0.39 is 0 Å². The topological polar surface area (TPSA) is 26.7 Å². The van der Waals surface area contributed by atoms with E-state index in [-0.39, 0.29) is 6.10 Å². The van der Waals surface area contributed by atoms with Crippen molar-refractivity contribution in [2.75, 3.05) is 37.6 Å². The Morgan fingerprint density at radius 3 is 2.59 bits per heavy atom. The van der Waals surface area contributed by atoms with Crippen molar-refractivity contribution in [1.82, 2.24) is 4.90 Å².